The van der Waals surface area contributed by atoms with Crippen LogP contribution in [0.3, 0.4) is 0 Å². The molecule has 1 aromatic carbocycles. The molecule has 1 aliphatic carbocycles. The molecule has 4 heteroatoms. The summed E-state index contributed by atoms with van der Waals surface area (Å²) in [6.45, 7) is 6.65. The van der Waals surface area contributed by atoms with Gasteiger partial charge in [-0.25, -0.2) is 8.42 Å². The minimum atomic E-state index is -2.87. The summed E-state index contributed by atoms with van der Waals surface area (Å²) in [5.41, 5.74) is 2.67. The summed E-state index contributed by atoms with van der Waals surface area (Å²) in [5.74, 6) is 0.582. The van der Waals surface area contributed by atoms with Crippen molar-refractivity contribution in [2.45, 2.75) is 57.0 Å². The standard InChI is InChI=1S/C17H25NO2S/c1-16(2)9-8-15(13-6-4-5-7-14(13)16)18-17(3)10-11-21(19,20)12-17/h4-7,15,18H,8-12H2,1-3H3. The topological polar surface area (TPSA) is 46.2 Å². The van der Waals surface area contributed by atoms with Gasteiger partial charge in [-0.05, 0) is 42.7 Å². The summed E-state index contributed by atoms with van der Waals surface area (Å²) in [7, 11) is -2.87. The van der Waals surface area contributed by atoms with E-state index in [0.29, 0.717) is 5.75 Å². The van der Waals surface area contributed by atoms with Gasteiger partial charge in [-0.15, -0.1) is 0 Å². The van der Waals surface area contributed by atoms with Crippen LogP contribution >= 0.6 is 0 Å². The van der Waals surface area contributed by atoms with Gasteiger partial charge in [0.05, 0.1) is 11.5 Å². The molecule has 2 aliphatic rings. The van der Waals surface area contributed by atoms with Crippen molar-refractivity contribution >= 4 is 9.84 Å². The lowest BCUT2D eigenvalue weighted by molar-refractivity contribution is 0.287. The molecule has 2 atom stereocenters. The van der Waals surface area contributed by atoms with Crippen LogP contribution in [0.15, 0.2) is 24.3 Å². The zero-order valence-corrected chi connectivity index (χ0v) is 14.0. The Morgan fingerprint density at radius 2 is 1.86 bits per heavy atom. The molecule has 1 aliphatic heterocycles. The van der Waals surface area contributed by atoms with E-state index in [-0.39, 0.29) is 22.7 Å². The average Bonchev–Trinajstić information content (AvgIpc) is 2.68. The van der Waals surface area contributed by atoms with Gasteiger partial charge in [-0.3, -0.25) is 0 Å². The van der Waals surface area contributed by atoms with E-state index >= 15 is 0 Å². The maximum Gasteiger partial charge on any atom is 0.152 e. The second-order valence-electron chi connectivity index (χ2n) is 7.61. The second-order valence-corrected chi connectivity index (χ2v) is 9.79. The Bertz CT molecular complexity index is 651. The zero-order valence-electron chi connectivity index (χ0n) is 13.1. The van der Waals surface area contributed by atoms with Gasteiger partial charge in [0.15, 0.2) is 9.84 Å². The van der Waals surface area contributed by atoms with Crippen LogP contribution in [-0.4, -0.2) is 25.5 Å². The number of benzene rings is 1. The zero-order chi connectivity index (χ0) is 15.3. The van der Waals surface area contributed by atoms with Gasteiger partial charge in [0.1, 0.15) is 0 Å². The van der Waals surface area contributed by atoms with Crippen molar-refractivity contribution in [3.63, 3.8) is 0 Å². The van der Waals surface area contributed by atoms with Crippen molar-refractivity contribution < 1.29 is 8.42 Å². The first-order chi connectivity index (χ1) is 9.71. The molecule has 1 N–H and O–H groups in total. The molecule has 3 nitrogen and oxygen atoms in total. The maximum atomic E-state index is 11.8. The molecule has 1 fully saturated rings. The van der Waals surface area contributed by atoms with Crippen LogP contribution in [0.4, 0.5) is 0 Å². The highest BCUT2D eigenvalue weighted by Crippen LogP contribution is 2.42. The molecule has 0 aromatic heterocycles. The predicted octanol–water partition coefficient (Wildman–Crippen LogP) is 2.97. The van der Waals surface area contributed by atoms with Gasteiger partial charge < -0.3 is 5.32 Å². The van der Waals surface area contributed by atoms with Crippen molar-refractivity contribution in [3.8, 4) is 0 Å². The Hall–Kier alpha value is -0.870. The minimum absolute atomic E-state index is 0.206. The highest BCUT2D eigenvalue weighted by atomic mass is 32.2. The summed E-state index contributed by atoms with van der Waals surface area (Å²) in [6, 6.07) is 8.87. The molecule has 0 saturated carbocycles. The molecule has 116 valence electrons. The fraction of sp³-hybridized carbons (Fsp3) is 0.647. The molecule has 3 rings (SSSR count). The first-order valence-corrected chi connectivity index (χ1v) is 9.61. The van der Waals surface area contributed by atoms with Crippen LogP contribution in [-0.2, 0) is 15.3 Å². The van der Waals surface area contributed by atoms with Crippen LogP contribution in [0, 0.1) is 0 Å². The Morgan fingerprint density at radius 1 is 1.14 bits per heavy atom. The molecule has 0 bridgehead atoms. The first-order valence-electron chi connectivity index (χ1n) is 7.78. The van der Waals surface area contributed by atoms with E-state index in [0.717, 1.165) is 19.3 Å². The molecule has 0 amide bonds. The number of hydrogen-bond donors (Lipinski definition) is 1. The molecule has 0 spiro atoms. The van der Waals surface area contributed by atoms with Crippen molar-refractivity contribution in [1.29, 1.82) is 0 Å². The molecular weight excluding hydrogens is 282 g/mol. The van der Waals surface area contributed by atoms with E-state index < -0.39 is 9.84 Å². The SMILES string of the molecule is CC1(NC2CCC(C)(C)c3ccccc32)CCS(=O)(=O)C1. The van der Waals surface area contributed by atoms with E-state index in [2.05, 4.69) is 50.4 Å². The van der Waals surface area contributed by atoms with Gasteiger partial charge in [0.25, 0.3) is 0 Å². The largest absolute Gasteiger partial charge is 0.304 e. The fourth-order valence-electron chi connectivity index (χ4n) is 3.91. The van der Waals surface area contributed by atoms with E-state index in [4.69, 9.17) is 0 Å². The lowest BCUT2D eigenvalue weighted by atomic mass is 9.70. The minimum Gasteiger partial charge on any atom is -0.304 e. The quantitative estimate of drug-likeness (QED) is 0.913. The van der Waals surface area contributed by atoms with E-state index in [9.17, 15) is 8.42 Å². The van der Waals surface area contributed by atoms with Crippen LogP contribution in [0.5, 0.6) is 0 Å². The highest BCUT2D eigenvalue weighted by Gasteiger charge is 2.41. The molecule has 1 saturated heterocycles. The van der Waals surface area contributed by atoms with Gasteiger partial charge in [0.2, 0.25) is 0 Å². The summed E-state index contributed by atoms with van der Waals surface area (Å²) in [6.07, 6.45) is 2.92. The van der Waals surface area contributed by atoms with Gasteiger partial charge >= 0.3 is 0 Å². The van der Waals surface area contributed by atoms with Crippen molar-refractivity contribution in [2.24, 2.45) is 0 Å². The number of fused-ring (bicyclic) bond motifs is 1. The van der Waals surface area contributed by atoms with Gasteiger partial charge in [0, 0.05) is 11.6 Å². The molecular formula is C17H25NO2S. The van der Waals surface area contributed by atoms with Crippen LogP contribution in [0.1, 0.15) is 57.2 Å². The molecule has 1 aromatic rings. The Morgan fingerprint density at radius 3 is 2.52 bits per heavy atom. The lowest BCUT2D eigenvalue weighted by Crippen LogP contribution is -2.47. The highest BCUT2D eigenvalue weighted by molar-refractivity contribution is 7.91. The number of sulfone groups is 1. The van der Waals surface area contributed by atoms with E-state index in [1.54, 1.807) is 0 Å². The maximum absolute atomic E-state index is 11.8. The Balaban J connectivity index is 1.88. The van der Waals surface area contributed by atoms with Gasteiger partial charge in [-0.2, -0.15) is 0 Å². The third kappa shape index (κ3) is 2.88. The number of rotatable bonds is 2. The molecule has 1 heterocycles. The fourth-order valence-corrected chi connectivity index (χ4v) is 6.01. The van der Waals surface area contributed by atoms with Crippen molar-refractivity contribution in [1.82, 2.24) is 5.32 Å². The molecule has 0 radical (unpaired) electrons. The van der Waals surface area contributed by atoms with Crippen LogP contribution < -0.4 is 5.32 Å². The number of hydrogen-bond acceptors (Lipinski definition) is 3. The second kappa shape index (κ2) is 4.82. The predicted molar refractivity (Wildman–Crippen MR) is 86.3 cm³/mol. The average molecular weight is 307 g/mol. The summed E-state index contributed by atoms with van der Waals surface area (Å²) < 4.78 is 23.6. The smallest absolute Gasteiger partial charge is 0.152 e. The molecule has 2 unspecified atom stereocenters. The van der Waals surface area contributed by atoms with Crippen molar-refractivity contribution in [2.75, 3.05) is 11.5 Å². The van der Waals surface area contributed by atoms with Gasteiger partial charge in [-0.1, -0.05) is 38.1 Å². The Labute approximate surface area is 128 Å². The van der Waals surface area contributed by atoms with E-state index in [1.165, 1.54) is 11.1 Å². The third-order valence-corrected chi connectivity index (χ3v) is 7.05. The summed E-state index contributed by atoms with van der Waals surface area (Å²) in [5, 5.41) is 3.66. The van der Waals surface area contributed by atoms with Crippen LogP contribution in [0.25, 0.3) is 0 Å². The molecule has 21 heavy (non-hydrogen) atoms. The summed E-state index contributed by atoms with van der Waals surface area (Å²) in [4.78, 5) is 0. The number of nitrogens with one attached hydrogen (secondary N) is 1. The summed E-state index contributed by atoms with van der Waals surface area (Å²) >= 11 is 0. The Kier molecular flexibility index (Phi) is 3.45. The first kappa shape index (κ1) is 15.0. The lowest BCUT2D eigenvalue weighted by Gasteiger charge is -2.40. The van der Waals surface area contributed by atoms with Crippen molar-refractivity contribution in [3.05, 3.63) is 35.4 Å². The van der Waals surface area contributed by atoms with Crippen LogP contribution in [0.2, 0.25) is 0 Å². The monoisotopic (exact) mass is 307 g/mol. The third-order valence-electron chi connectivity index (χ3n) is 5.15. The normalized spacial score (nSPS) is 33.6. The van der Waals surface area contributed by atoms with E-state index in [1.807, 2.05) is 0 Å².